The molecule has 3 rings (SSSR count). The third-order valence-corrected chi connectivity index (χ3v) is 4.25. The maximum absolute atomic E-state index is 13.0. The monoisotopic (exact) mass is 346 g/mol. The topological polar surface area (TPSA) is 87.5 Å². The Morgan fingerprint density at radius 1 is 1.36 bits per heavy atom. The van der Waals surface area contributed by atoms with Crippen molar-refractivity contribution in [1.29, 1.82) is 0 Å². The summed E-state index contributed by atoms with van der Waals surface area (Å²) in [5.74, 6) is -1.88. The first-order valence-corrected chi connectivity index (χ1v) is 7.97. The molecule has 132 valence electrons. The van der Waals surface area contributed by atoms with E-state index in [1.807, 2.05) is 0 Å². The zero-order valence-corrected chi connectivity index (χ0v) is 13.8. The van der Waals surface area contributed by atoms with E-state index in [0.29, 0.717) is 19.5 Å². The van der Waals surface area contributed by atoms with Crippen molar-refractivity contribution >= 4 is 17.6 Å². The van der Waals surface area contributed by atoms with Gasteiger partial charge in [-0.25, -0.2) is 9.18 Å². The highest BCUT2D eigenvalue weighted by Gasteiger charge is 2.29. The number of aromatic nitrogens is 2. The van der Waals surface area contributed by atoms with Crippen molar-refractivity contribution in [3.63, 3.8) is 0 Å². The van der Waals surface area contributed by atoms with E-state index in [-0.39, 0.29) is 29.0 Å². The van der Waals surface area contributed by atoms with Crippen molar-refractivity contribution < 1.29 is 19.1 Å². The van der Waals surface area contributed by atoms with Crippen LogP contribution in [0.25, 0.3) is 0 Å². The Labute approximate surface area is 144 Å². The molecule has 0 saturated carbocycles. The van der Waals surface area contributed by atoms with Crippen LogP contribution in [0.1, 0.15) is 22.5 Å². The molecule has 0 bridgehead atoms. The number of aromatic carboxylic acids is 1. The zero-order valence-electron chi connectivity index (χ0n) is 13.8. The number of hydrogen-bond acceptors (Lipinski definition) is 4. The van der Waals surface area contributed by atoms with Crippen molar-refractivity contribution in [2.75, 3.05) is 18.4 Å². The number of amides is 1. The van der Waals surface area contributed by atoms with Crippen LogP contribution in [0.3, 0.4) is 0 Å². The predicted octanol–water partition coefficient (Wildman–Crippen LogP) is 1.72. The summed E-state index contributed by atoms with van der Waals surface area (Å²) < 4.78 is 14.3. The number of nitrogens with one attached hydrogen (secondary N) is 1. The minimum absolute atomic E-state index is 0.169. The molecule has 1 amide bonds. The standard InChI is InChI=1S/C17H19FN4O3/c1-21-10-14(15(20-21)17(24)25)19-16(23)12-6-7-22(9-12)8-11-2-4-13(18)5-3-11/h2-5,10,12H,6-9H2,1H3,(H,19,23)(H,24,25). The molecular weight excluding hydrogens is 327 g/mol. The number of hydrogen-bond donors (Lipinski definition) is 2. The fourth-order valence-electron chi connectivity index (χ4n) is 3.01. The molecule has 25 heavy (non-hydrogen) atoms. The number of halogens is 1. The third kappa shape index (κ3) is 4.03. The molecule has 1 aromatic heterocycles. The van der Waals surface area contributed by atoms with Crippen molar-refractivity contribution in [2.24, 2.45) is 13.0 Å². The second-order valence-corrected chi connectivity index (χ2v) is 6.21. The largest absolute Gasteiger partial charge is 0.476 e. The summed E-state index contributed by atoms with van der Waals surface area (Å²) in [6, 6.07) is 6.31. The van der Waals surface area contributed by atoms with Crippen LogP contribution in [0.2, 0.25) is 0 Å². The van der Waals surface area contributed by atoms with Crippen LogP contribution in [-0.2, 0) is 18.4 Å². The fourth-order valence-corrected chi connectivity index (χ4v) is 3.01. The van der Waals surface area contributed by atoms with E-state index >= 15 is 0 Å². The first kappa shape index (κ1) is 17.1. The number of likely N-dealkylation sites (tertiary alicyclic amines) is 1. The Hall–Kier alpha value is -2.74. The number of carboxylic acids is 1. The van der Waals surface area contributed by atoms with Crippen LogP contribution < -0.4 is 5.32 Å². The number of aryl methyl sites for hydroxylation is 1. The summed E-state index contributed by atoms with van der Waals surface area (Å²) in [7, 11) is 1.60. The number of carbonyl (C=O) groups excluding carboxylic acids is 1. The van der Waals surface area contributed by atoms with Gasteiger partial charge in [-0.3, -0.25) is 14.4 Å². The lowest BCUT2D eigenvalue weighted by Gasteiger charge is -2.16. The maximum atomic E-state index is 13.0. The second kappa shape index (κ2) is 7.02. The van der Waals surface area contributed by atoms with E-state index in [1.165, 1.54) is 23.0 Å². The molecule has 2 heterocycles. The molecule has 2 aromatic rings. The number of carbonyl (C=O) groups is 2. The fraction of sp³-hybridized carbons (Fsp3) is 0.353. The van der Waals surface area contributed by atoms with Gasteiger partial charge in [0.25, 0.3) is 0 Å². The predicted molar refractivity (Wildman–Crippen MR) is 88.6 cm³/mol. The molecule has 0 aliphatic carbocycles. The molecule has 1 unspecified atom stereocenters. The van der Waals surface area contributed by atoms with Gasteiger partial charge in [0.05, 0.1) is 11.6 Å². The highest BCUT2D eigenvalue weighted by molar-refractivity contribution is 5.99. The number of nitrogens with zero attached hydrogens (tertiary/aromatic N) is 3. The van der Waals surface area contributed by atoms with Crippen LogP contribution in [0.4, 0.5) is 10.1 Å². The molecule has 2 N–H and O–H groups in total. The Bertz CT molecular complexity index is 788. The quantitative estimate of drug-likeness (QED) is 0.861. The Morgan fingerprint density at radius 2 is 2.08 bits per heavy atom. The molecule has 1 saturated heterocycles. The van der Waals surface area contributed by atoms with E-state index in [0.717, 1.165) is 12.1 Å². The minimum Gasteiger partial charge on any atom is -0.476 e. The van der Waals surface area contributed by atoms with E-state index in [1.54, 1.807) is 19.2 Å². The summed E-state index contributed by atoms with van der Waals surface area (Å²) in [6.45, 7) is 1.98. The summed E-state index contributed by atoms with van der Waals surface area (Å²) in [6.07, 6.45) is 2.17. The van der Waals surface area contributed by atoms with Gasteiger partial charge in [0.2, 0.25) is 5.91 Å². The summed E-state index contributed by atoms with van der Waals surface area (Å²) in [5.41, 5.74) is 1.02. The normalized spacial score (nSPS) is 17.6. The molecule has 1 aromatic carbocycles. The van der Waals surface area contributed by atoms with Gasteiger partial charge in [0.1, 0.15) is 5.82 Å². The Morgan fingerprint density at radius 3 is 2.76 bits per heavy atom. The number of carboxylic acid groups (broad SMARTS) is 1. The number of anilines is 1. The van der Waals surface area contributed by atoms with Crippen LogP contribution in [0.5, 0.6) is 0 Å². The van der Waals surface area contributed by atoms with Crippen LogP contribution >= 0.6 is 0 Å². The maximum Gasteiger partial charge on any atom is 0.358 e. The van der Waals surface area contributed by atoms with Gasteiger partial charge in [-0.1, -0.05) is 12.1 Å². The van der Waals surface area contributed by atoms with Crippen molar-refractivity contribution in [3.8, 4) is 0 Å². The minimum atomic E-state index is -1.18. The smallest absolute Gasteiger partial charge is 0.358 e. The molecule has 1 fully saturated rings. The van der Waals surface area contributed by atoms with Gasteiger partial charge in [0.15, 0.2) is 5.69 Å². The molecule has 7 nitrogen and oxygen atoms in total. The van der Waals surface area contributed by atoms with Crippen molar-refractivity contribution in [1.82, 2.24) is 14.7 Å². The van der Waals surface area contributed by atoms with Crippen LogP contribution in [0, 0.1) is 11.7 Å². The summed E-state index contributed by atoms with van der Waals surface area (Å²) >= 11 is 0. The van der Waals surface area contributed by atoms with Gasteiger partial charge < -0.3 is 10.4 Å². The Balaban J connectivity index is 1.59. The van der Waals surface area contributed by atoms with Gasteiger partial charge in [0, 0.05) is 26.3 Å². The number of benzene rings is 1. The highest BCUT2D eigenvalue weighted by atomic mass is 19.1. The van der Waals surface area contributed by atoms with Crippen LogP contribution in [-0.4, -0.2) is 44.8 Å². The third-order valence-electron chi connectivity index (χ3n) is 4.25. The lowest BCUT2D eigenvalue weighted by molar-refractivity contribution is -0.119. The SMILES string of the molecule is Cn1cc(NC(=O)C2CCN(Cc3ccc(F)cc3)C2)c(C(=O)O)n1. The lowest BCUT2D eigenvalue weighted by Crippen LogP contribution is -2.27. The van der Waals surface area contributed by atoms with E-state index in [2.05, 4.69) is 15.3 Å². The molecule has 8 heteroatoms. The van der Waals surface area contributed by atoms with Crippen molar-refractivity contribution in [3.05, 3.63) is 47.5 Å². The van der Waals surface area contributed by atoms with Gasteiger partial charge in [-0.05, 0) is 30.7 Å². The lowest BCUT2D eigenvalue weighted by atomic mass is 10.1. The molecule has 1 aliphatic rings. The first-order valence-electron chi connectivity index (χ1n) is 7.97. The van der Waals surface area contributed by atoms with Crippen LogP contribution in [0.15, 0.2) is 30.5 Å². The second-order valence-electron chi connectivity index (χ2n) is 6.21. The highest BCUT2D eigenvalue weighted by Crippen LogP contribution is 2.22. The summed E-state index contributed by atoms with van der Waals surface area (Å²) in [4.78, 5) is 25.7. The van der Waals surface area contributed by atoms with Gasteiger partial charge in [-0.15, -0.1) is 0 Å². The number of rotatable bonds is 5. The average Bonchev–Trinajstić information content (AvgIpc) is 3.16. The van der Waals surface area contributed by atoms with E-state index < -0.39 is 5.97 Å². The first-order chi connectivity index (χ1) is 11.9. The average molecular weight is 346 g/mol. The van der Waals surface area contributed by atoms with Gasteiger partial charge >= 0.3 is 5.97 Å². The molecule has 0 spiro atoms. The van der Waals surface area contributed by atoms with E-state index in [4.69, 9.17) is 5.11 Å². The molecular formula is C17H19FN4O3. The summed E-state index contributed by atoms with van der Waals surface area (Å²) in [5, 5.41) is 15.6. The Kier molecular flexibility index (Phi) is 4.80. The van der Waals surface area contributed by atoms with Gasteiger partial charge in [-0.2, -0.15) is 5.10 Å². The zero-order chi connectivity index (χ0) is 18.0. The van der Waals surface area contributed by atoms with Crippen molar-refractivity contribution in [2.45, 2.75) is 13.0 Å². The molecule has 1 atom stereocenters. The molecule has 1 aliphatic heterocycles. The molecule has 0 radical (unpaired) electrons. The van der Waals surface area contributed by atoms with E-state index in [9.17, 15) is 14.0 Å².